The molecule has 2 aromatic rings. The van der Waals surface area contributed by atoms with E-state index >= 15 is 0 Å². The SMILES string of the molecule is NCc1c(-c2ccccc2O)ccnc1N. The molecule has 0 radical (unpaired) electrons. The summed E-state index contributed by atoms with van der Waals surface area (Å²) in [5.74, 6) is 0.617. The molecule has 0 saturated carbocycles. The van der Waals surface area contributed by atoms with Crippen LogP contribution in [0.15, 0.2) is 36.5 Å². The Morgan fingerprint density at radius 3 is 2.56 bits per heavy atom. The molecule has 0 fully saturated rings. The van der Waals surface area contributed by atoms with Gasteiger partial charge in [0.1, 0.15) is 11.6 Å². The number of phenols is 1. The molecular formula is C12H13N3O. The molecule has 5 N–H and O–H groups in total. The normalized spacial score (nSPS) is 10.3. The summed E-state index contributed by atoms with van der Waals surface area (Å²) in [6.07, 6.45) is 1.61. The van der Waals surface area contributed by atoms with Crippen LogP contribution in [0, 0.1) is 0 Å². The van der Waals surface area contributed by atoms with Gasteiger partial charge in [-0.2, -0.15) is 0 Å². The number of hydrogen-bond donors (Lipinski definition) is 3. The van der Waals surface area contributed by atoms with Crippen molar-refractivity contribution in [2.24, 2.45) is 5.73 Å². The number of phenolic OH excluding ortho intramolecular Hbond substituents is 1. The van der Waals surface area contributed by atoms with Crippen molar-refractivity contribution in [3.8, 4) is 16.9 Å². The lowest BCUT2D eigenvalue weighted by atomic mass is 10.00. The number of hydrogen-bond acceptors (Lipinski definition) is 4. The first-order valence-corrected chi connectivity index (χ1v) is 4.96. The van der Waals surface area contributed by atoms with Gasteiger partial charge in [-0.3, -0.25) is 0 Å². The predicted octanol–water partition coefficient (Wildman–Crippen LogP) is 1.50. The van der Waals surface area contributed by atoms with Crippen molar-refractivity contribution in [2.45, 2.75) is 6.54 Å². The van der Waals surface area contributed by atoms with E-state index in [4.69, 9.17) is 11.5 Å². The average molecular weight is 215 g/mol. The number of aromatic hydroxyl groups is 1. The minimum absolute atomic E-state index is 0.211. The maximum Gasteiger partial charge on any atom is 0.128 e. The van der Waals surface area contributed by atoms with Gasteiger partial charge in [0.15, 0.2) is 0 Å². The van der Waals surface area contributed by atoms with Gasteiger partial charge in [-0.1, -0.05) is 18.2 Å². The number of nitrogens with two attached hydrogens (primary N) is 2. The lowest BCUT2D eigenvalue weighted by molar-refractivity contribution is 0.477. The van der Waals surface area contributed by atoms with Crippen LogP contribution in [0.4, 0.5) is 5.82 Å². The first-order valence-electron chi connectivity index (χ1n) is 4.96. The lowest BCUT2D eigenvalue weighted by Gasteiger charge is -2.10. The van der Waals surface area contributed by atoms with Crippen LogP contribution in [0.3, 0.4) is 0 Å². The molecule has 0 aliphatic rings. The van der Waals surface area contributed by atoms with Gasteiger partial charge in [0.05, 0.1) is 0 Å². The van der Waals surface area contributed by atoms with E-state index in [-0.39, 0.29) is 5.75 Å². The molecule has 0 atom stereocenters. The van der Waals surface area contributed by atoms with Gasteiger partial charge in [0.25, 0.3) is 0 Å². The maximum atomic E-state index is 9.77. The maximum absolute atomic E-state index is 9.77. The van der Waals surface area contributed by atoms with Crippen LogP contribution >= 0.6 is 0 Å². The third kappa shape index (κ3) is 1.70. The number of rotatable bonds is 2. The van der Waals surface area contributed by atoms with E-state index < -0.39 is 0 Å². The molecular weight excluding hydrogens is 202 g/mol. The number of nitrogen functional groups attached to an aromatic ring is 1. The molecule has 0 bridgehead atoms. The fourth-order valence-electron chi connectivity index (χ4n) is 1.68. The van der Waals surface area contributed by atoms with E-state index in [1.807, 2.05) is 12.1 Å². The summed E-state index contributed by atoms with van der Waals surface area (Å²) < 4.78 is 0. The highest BCUT2D eigenvalue weighted by Gasteiger charge is 2.10. The Labute approximate surface area is 93.5 Å². The molecule has 0 unspecified atom stereocenters. The molecule has 82 valence electrons. The van der Waals surface area contributed by atoms with Gasteiger partial charge in [0, 0.05) is 23.9 Å². The molecule has 1 heterocycles. The van der Waals surface area contributed by atoms with Crippen molar-refractivity contribution in [3.05, 3.63) is 42.1 Å². The standard InChI is InChI=1S/C12H13N3O/c13-7-10-8(5-6-15-12(10)14)9-3-1-2-4-11(9)16/h1-6,16H,7,13H2,(H2,14,15). The Morgan fingerprint density at radius 1 is 1.12 bits per heavy atom. The smallest absolute Gasteiger partial charge is 0.128 e. The van der Waals surface area contributed by atoms with Gasteiger partial charge >= 0.3 is 0 Å². The highest BCUT2D eigenvalue weighted by Crippen LogP contribution is 2.32. The summed E-state index contributed by atoms with van der Waals surface area (Å²) in [5, 5.41) is 9.77. The van der Waals surface area contributed by atoms with Gasteiger partial charge in [0.2, 0.25) is 0 Å². The second-order valence-corrected chi connectivity index (χ2v) is 3.44. The molecule has 16 heavy (non-hydrogen) atoms. The lowest BCUT2D eigenvalue weighted by Crippen LogP contribution is -2.05. The molecule has 0 aliphatic carbocycles. The first-order chi connectivity index (χ1) is 7.74. The van der Waals surface area contributed by atoms with Gasteiger partial charge in [-0.15, -0.1) is 0 Å². The van der Waals surface area contributed by atoms with Crippen molar-refractivity contribution >= 4 is 5.82 Å². The van der Waals surface area contributed by atoms with Crippen molar-refractivity contribution in [1.29, 1.82) is 0 Å². The highest BCUT2D eigenvalue weighted by atomic mass is 16.3. The minimum Gasteiger partial charge on any atom is -0.507 e. The zero-order valence-corrected chi connectivity index (χ0v) is 8.72. The molecule has 4 nitrogen and oxygen atoms in total. The van der Waals surface area contributed by atoms with Crippen LogP contribution in [0.2, 0.25) is 0 Å². The number of pyridine rings is 1. The van der Waals surface area contributed by atoms with E-state index in [1.54, 1.807) is 24.4 Å². The number of nitrogens with zero attached hydrogens (tertiary/aromatic N) is 1. The topological polar surface area (TPSA) is 85.2 Å². The van der Waals surface area contributed by atoms with Crippen LogP contribution < -0.4 is 11.5 Å². The van der Waals surface area contributed by atoms with Gasteiger partial charge in [-0.05, 0) is 17.7 Å². The zero-order chi connectivity index (χ0) is 11.5. The minimum atomic E-state index is 0.211. The second-order valence-electron chi connectivity index (χ2n) is 3.44. The Hall–Kier alpha value is -2.07. The summed E-state index contributed by atoms with van der Waals surface area (Å²) in [7, 11) is 0. The molecule has 0 saturated heterocycles. The third-order valence-corrected chi connectivity index (χ3v) is 2.49. The van der Waals surface area contributed by atoms with E-state index in [0.29, 0.717) is 12.4 Å². The van der Waals surface area contributed by atoms with Gasteiger partial charge < -0.3 is 16.6 Å². The number of anilines is 1. The first kappa shape index (κ1) is 10.4. The number of aromatic nitrogens is 1. The van der Waals surface area contributed by atoms with Crippen molar-refractivity contribution in [3.63, 3.8) is 0 Å². The summed E-state index contributed by atoms with van der Waals surface area (Å²) in [5.41, 5.74) is 13.7. The van der Waals surface area contributed by atoms with E-state index in [1.165, 1.54) is 0 Å². The molecule has 0 spiro atoms. The molecule has 0 amide bonds. The van der Waals surface area contributed by atoms with Crippen LogP contribution in [0.5, 0.6) is 5.75 Å². The second kappa shape index (κ2) is 4.20. The number of benzene rings is 1. The molecule has 0 aliphatic heterocycles. The molecule has 4 heteroatoms. The quantitative estimate of drug-likeness (QED) is 0.708. The highest BCUT2D eigenvalue weighted by molar-refractivity contribution is 5.75. The van der Waals surface area contributed by atoms with Crippen molar-refractivity contribution < 1.29 is 5.11 Å². The number of para-hydroxylation sites is 1. The van der Waals surface area contributed by atoms with Crippen molar-refractivity contribution in [1.82, 2.24) is 4.98 Å². The summed E-state index contributed by atoms with van der Waals surface area (Å²) >= 11 is 0. The average Bonchev–Trinajstić information content (AvgIpc) is 2.29. The Morgan fingerprint density at radius 2 is 1.88 bits per heavy atom. The predicted molar refractivity (Wildman–Crippen MR) is 63.6 cm³/mol. The molecule has 2 rings (SSSR count). The Balaban J connectivity index is 2.65. The molecule has 1 aromatic carbocycles. The fourth-order valence-corrected chi connectivity index (χ4v) is 1.68. The Kier molecular flexibility index (Phi) is 2.74. The van der Waals surface area contributed by atoms with Crippen LogP contribution in [-0.2, 0) is 6.54 Å². The largest absolute Gasteiger partial charge is 0.507 e. The van der Waals surface area contributed by atoms with Crippen LogP contribution in [-0.4, -0.2) is 10.1 Å². The third-order valence-electron chi connectivity index (χ3n) is 2.49. The molecule has 1 aromatic heterocycles. The fraction of sp³-hybridized carbons (Fsp3) is 0.0833. The monoisotopic (exact) mass is 215 g/mol. The zero-order valence-electron chi connectivity index (χ0n) is 8.72. The van der Waals surface area contributed by atoms with E-state index in [2.05, 4.69) is 4.98 Å². The van der Waals surface area contributed by atoms with E-state index in [0.717, 1.165) is 16.7 Å². The van der Waals surface area contributed by atoms with Gasteiger partial charge in [-0.25, -0.2) is 4.98 Å². The van der Waals surface area contributed by atoms with Crippen LogP contribution in [0.25, 0.3) is 11.1 Å². The van der Waals surface area contributed by atoms with E-state index in [9.17, 15) is 5.11 Å². The summed E-state index contributed by atoms with van der Waals surface area (Å²) in [6.45, 7) is 0.295. The summed E-state index contributed by atoms with van der Waals surface area (Å²) in [6, 6.07) is 8.88. The Bertz CT molecular complexity index is 511. The van der Waals surface area contributed by atoms with Crippen LogP contribution in [0.1, 0.15) is 5.56 Å². The van der Waals surface area contributed by atoms with Crippen molar-refractivity contribution in [2.75, 3.05) is 5.73 Å². The summed E-state index contributed by atoms with van der Waals surface area (Å²) in [4.78, 5) is 3.98.